The fraction of sp³-hybridized carbons (Fsp3) is 0.419. The molecular formula is C43H59N5O5. The Bertz CT molecular complexity index is 1700. The topological polar surface area (TPSA) is 96.4 Å². The van der Waals surface area contributed by atoms with E-state index in [1.807, 2.05) is 81.1 Å². The van der Waals surface area contributed by atoms with Crippen LogP contribution in [-0.4, -0.2) is 93.0 Å². The summed E-state index contributed by atoms with van der Waals surface area (Å²) >= 11 is 0. The summed E-state index contributed by atoms with van der Waals surface area (Å²) in [6.45, 7) is 13.3. The van der Waals surface area contributed by atoms with Gasteiger partial charge in [0.05, 0.1) is 25.5 Å². The number of aldehydes is 1. The Kier molecular flexibility index (Phi) is 17.6. The molecule has 3 aromatic rings. The third-order valence-corrected chi connectivity index (χ3v) is 9.30. The molecule has 0 radical (unpaired) electrons. The number of allylic oxidation sites excluding steroid dienone is 4. The van der Waals surface area contributed by atoms with E-state index in [0.29, 0.717) is 29.4 Å². The van der Waals surface area contributed by atoms with Gasteiger partial charge in [-0.1, -0.05) is 68.0 Å². The van der Waals surface area contributed by atoms with Crippen molar-refractivity contribution in [1.29, 1.82) is 0 Å². The number of carbonyl (C=O) groups excluding carboxylic acids is 3. The number of amides is 2. The molecule has 0 spiro atoms. The highest BCUT2D eigenvalue weighted by molar-refractivity contribution is 6.06. The minimum Gasteiger partial charge on any atom is -0.493 e. The summed E-state index contributed by atoms with van der Waals surface area (Å²) < 4.78 is 12.1. The average Bonchev–Trinajstić information content (AvgIpc) is 3.54. The van der Waals surface area contributed by atoms with Crippen LogP contribution >= 0.6 is 0 Å². The first kappa shape index (κ1) is 42.3. The molecule has 53 heavy (non-hydrogen) atoms. The Morgan fingerprint density at radius 3 is 2.19 bits per heavy atom. The van der Waals surface area contributed by atoms with Crippen molar-refractivity contribution in [3.8, 4) is 0 Å². The molecule has 2 aliphatic rings. The van der Waals surface area contributed by atoms with Gasteiger partial charge in [0.15, 0.2) is 17.8 Å². The number of hydrogen-bond acceptors (Lipinski definition) is 7. The lowest BCUT2D eigenvalue weighted by molar-refractivity contribution is 0.0792. The number of carbonyl (C=O) groups is 3. The number of benzene rings is 2. The molecule has 5 rings (SSSR count). The van der Waals surface area contributed by atoms with Crippen LogP contribution in [0.3, 0.4) is 0 Å². The molecule has 1 aliphatic heterocycles. The van der Waals surface area contributed by atoms with Crippen LogP contribution < -0.4 is 10.2 Å². The van der Waals surface area contributed by atoms with Crippen LogP contribution in [0.15, 0.2) is 102 Å². The average molecular weight is 726 g/mol. The lowest BCUT2D eigenvalue weighted by Gasteiger charge is -2.40. The van der Waals surface area contributed by atoms with Gasteiger partial charge in [0, 0.05) is 71.2 Å². The molecule has 2 heterocycles. The Morgan fingerprint density at radius 2 is 1.60 bits per heavy atom. The number of ether oxygens (including phenoxy) is 2. The number of methoxy groups -OCH3 is 2. The number of rotatable bonds is 12. The molecule has 1 aliphatic carbocycles. The second-order valence-electron chi connectivity index (χ2n) is 13.1. The number of piperazine rings is 1. The zero-order chi connectivity index (χ0) is 38.8. The van der Waals surface area contributed by atoms with Gasteiger partial charge < -0.3 is 29.2 Å². The zero-order valence-electron chi connectivity index (χ0n) is 32.9. The van der Waals surface area contributed by atoms with Crippen molar-refractivity contribution in [2.24, 2.45) is 7.05 Å². The third kappa shape index (κ3) is 12.2. The molecule has 2 aromatic carbocycles. The predicted molar refractivity (Wildman–Crippen MR) is 214 cm³/mol. The monoisotopic (exact) mass is 725 g/mol. The largest absolute Gasteiger partial charge is 0.493 e. The second-order valence-corrected chi connectivity index (χ2v) is 13.1. The van der Waals surface area contributed by atoms with E-state index in [1.54, 1.807) is 32.2 Å². The fourth-order valence-electron chi connectivity index (χ4n) is 6.23. The lowest BCUT2D eigenvalue weighted by atomic mass is 10.0. The summed E-state index contributed by atoms with van der Waals surface area (Å²) in [7, 11) is 6.97. The number of aromatic nitrogens is 1. The van der Waals surface area contributed by atoms with Gasteiger partial charge in [-0.2, -0.15) is 0 Å². The number of aryl methyl sites for hydroxylation is 1. The molecule has 0 saturated carbocycles. The minimum absolute atomic E-state index is 0.00403. The molecule has 1 N–H and O–H groups in total. The molecular weight excluding hydrogens is 667 g/mol. The van der Waals surface area contributed by atoms with Gasteiger partial charge >= 0.3 is 0 Å². The van der Waals surface area contributed by atoms with E-state index >= 15 is 0 Å². The van der Waals surface area contributed by atoms with Crippen LogP contribution in [0.2, 0.25) is 0 Å². The highest BCUT2D eigenvalue weighted by Crippen LogP contribution is 2.28. The van der Waals surface area contributed by atoms with Gasteiger partial charge in [0.1, 0.15) is 5.69 Å². The third-order valence-electron chi connectivity index (χ3n) is 9.30. The van der Waals surface area contributed by atoms with Gasteiger partial charge in [-0.15, -0.1) is 0 Å². The fourth-order valence-corrected chi connectivity index (χ4v) is 6.23. The summed E-state index contributed by atoms with van der Waals surface area (Å²) in [5.41, 5.74) is 5.10. The van der Waals surface area contributed by atoms with Crippen molar-refractivity contribution < 1.29 is 23.9 Å². The molecule has 1 aromatic heterocycles. The van der Waals surface area contributed by atoms with Crippen molar-refractivity contribution in [1.82, 2.24) is 19.7 Å². The van der Waals surface area contributed by atoms with Crippen LogP contribution in [-0.2, 0) is 16.5 Å². The van der Waals surface area contributed by atoms with E-state index in [9.17, 15) is 14.4 Å². The first-order valence-corrected chi connectivity index (χ1v) is 18.5. The quantitative estimate of drug-likeness (QED) is 0.194. The Balaban J connectivity index is 0.000000258. The highest BCUT2D eigenvalue weighted by atomic mass is 16.5. The van der Waals surface area contributed by atoms with Gasteiger partial charge in [-0.3, -0.25) is 19.3 Å². The standard InChI is InChI=1S/C24H31N3O2.C10H14O2.C9H14N2O/c1-4-13-25(3)24(29)23-21(18-28)11-8-12-22(23)27-16-14-26(15-17-27)19(2)20-9-6-5-7-10-20;1-8-5-4-6-9(11-2)10(7-8)12-3;1-3-6-10-9(12)8-5-4-7-11(8)2/h5-12,18-19H,4,13-17H2,1-3H3;5-7H,4H2,1-3H3;4-5,7H,3,6H2,1-2H3,(H,10,12)/t19-;;/m1../s1. The number of nitrogens with zero attached hydrogens (tertiary/aromatic N) is 4. The lowest BCUT2D eigenvalue weighted by Crippen LogP contribution is -2.47. The van der Waals surface area contributed by atoms with Crippen molar-refractivity contribution in [3.63, 3.8) is 0 Å². The first-order valence-electron chi connectivity index (χ1n) is 18.5. The molecule has 286 valence electrons. The van der Waals surface area contributed by atoms with Crippen molar-refractivity contribution in [2.45, 2.75) is 53.0 Å². The van der Waals surface area contributed by atoms with Crippen LogP contribution in [0.1, 0.15) is 89.8 Å². The van der Waals surface area contributed by atoms with Crippen LogP contribution in [0.4, 0.5) is 5.69 Å². The Morgan fingerprint density at radius 1 is 0.906 bits per heavy atom. The van der Waals surface area contributed by atoms with Gasteiger partial charge in [-0.25, -0.2) is 0 Å². The molecule has 1 atom stereocenters. The van der Waals surface area contributed by atoms with Crippen molar-refractivity contribution in [2.75, 3.05) is 65.4 Å². The molecule has 0 unspecified atom stereocenters. The number of anilines is 1. The zero-order valence-corrected chi connectivity index (χ0v) is 32.9. The maximum atomic E-state index is 13.1. The molecule has 10 nitrogen and oxygen atoms in total. The number of nitrogens with one attached hydrogen (secondary N) is 1. The van der Waals surface area contributed by atoms with Crippen LogP contribution in [0.5, 0.6) is 0 Å². The SMILES string of the molecule is CCCN(C)C(=O)c1c(C=O)cccc1N1CCN([C@H](C)c2ccccc2)CC1.CCCNC(=O)c1cccn1C.COC1=CCC=C(C)C=C1OC. The van der Waals surface area contributed by atoms with E-state index in [4.69, 9.17) is 9.47 Å². The van der Waals surface area contributed by atoms with Crippen LogP contribution in [0.25, 0.3) is 0 Å². The summed E-state index contributed by atoms with van der Waals surface area (Å²) in [4.78, 5) is 42.5. The highest BCUT2D eigenvalue weighted by Gasteiger charge is 2.27. The molecule has 1 saturated heterocycles. The van der Waals surface area contributed by atoms with E-state index in [1.165, 1.54) is 11.1 Å². The number of hydrogen-bond donors (Lipinski definition) is 1. The molecule has 10 heteroatoms. The normalized spacial score (nSPS) is 14.7. The van der Waals surface area contributed by atoms with Gasteiger partial charge in [-0.05, 0) is 69.0 Å². The van der Waals surface area contributed by atoms with E-state index in [-0.39, 0.29) is 11.8 Å². The summed E-state index contributed by atoms with van der Waals surface area (Å²) in [6, 6.07) is 20.2. The summed E-state index contributed by atoms with van der Waals surface area (Å²) in [5.74, 6) is 1.53. The smallest absolute Gasteiger partial charge is 0.267 e. The Labute approximate surface area is 316 Å². The van der Waals surface area contributed by atoms with Crippen molar-refractivity contribution in [3.05, 3.63) is 125 Å². The van der Waals surface area contributed by atoms with Gasteiger partial charge in [0.2, 0.25) is 0 Å². The second kappa shape index (κ2) is 22.1. The van der Waals surface area contributed by atoms with Crippen LogP contribution in [0, 0.1) is 0 Å². The van der Waals surface area contributed by atoms with E-state index < -0.39 is 0 Å². The summed E-state index contributed by atoms with van der Waals surface area (Å²) in [6.07, 6.45) is 11.5. The summed E-state index contributed by atoms with van der Waals surface area (Å²) in [5, 5.41) is 2.82. The predicted octanol–water partition coefficient (Wildman–Crippen LogP) is 7.43. The maximum absolute atomic E-state index is 13.1. The van der Waals surface area contributed by atoms with E-state index in [2.05, 4.69) is 52.4 Å². The van der Waals surface area contributed by atoms with Crippen molar-refractivity contribution >= 4 is 23.8 Å². The molecule has 2 amide bonds. The van der Waals surface area contributed by atoms with E-state index in [0.717, 1.165) is 75.5 Å². The first-order chi connectivity index (χ1) is 25.6. The molecule has 1 fully saturated rings. The molecule has 0 bridgehead atoms. The minimum atomic E-state index is -0.0790. The maximum Gasteiger partial charge on any atom is 0.267 e. The Hall–Kier alpha value is -5.09. The van der Waals surface area contributed by atoms with Gasteiger partial charge in [0.25, 0.3) is 11.8 Å².